The van der Waals surface area contributed by atoms with Crippen LogP contribution in [0.1, 0.15) is 5.56 Å². The number of phenolic OH excluding ortho intramolecular Hbond substituents is 1. The van der Waals surface area contributed by atoms with Crippen LogP contribution in [0.25, 0.3) is 11.3 Å². The lowest BCUT2D eigenvalue weighted by molar-refractivity contribution is -0.384. The van der Waals surface area contributed by atoms with E-state index in [1.165, 1.54) is 23.5 Å². The first-order valence-corrected chi connectivity index (χ1v) is 9.58. The van der Waals surface area contributed by atoms with E-state index < -0.39 is 4.92 Å². The predicted molar refractivity (Wildman–Crippen MR) is 109 cm³/mol. The molecule has 0 saturated carbocycles. The molecule has 1 aromatic heterocycles. The Kier molecular flexibility index (Phi) is 5.64. The minimum atomic E-state index is -0.438. The number of hydrogen-bond acceptors (Lipinski definition) is 7. The molecule has 0 unspecified atom stereocenters. The molecule has 0 aliphatic heterocycles. The SMILES string of the molecule is O=[N+]([O-])c1ccc(-c2csc(N/N=C/c3cc(Br)c(O)c(Br)c3)n2)cc1. The van der Waals surface area contributed by atoms with E-state index in [-0.39, 0.29) is 11.4 Å². The molecule has 0 radical (unpaired) electrons. The zero-order valence-electron chi connectivity index (χ0n) is 12.9. The summed E-state index contributed by atoms with van der Waals surface area (Å²) < 4.78 is 1.12. The van der Waals surface area contributed by atoms with E-state index in [4.69, 9.17) is 0 Å². The number of rotatable bonds is 5. The van der Waals surface area contributed by atoms with Crippen LogP contribution in [0.5, 0.6) is 5.75 Å². The van der Waals surface area contributed by atoms with Crippen LogP contribution < -0.4 is 5.43 Å². The first-order chi connectivity index (χ1) is 12.4. The maximum absolute atomic E-state index is 10.7. The second-order valence-electron chi connectivity index (χ2n) is 5.05. The van der Waals surface area contributed by atoms with Gasteiger partial charge in [0.05, 0.1) is 25.8 Å². The van der Waals surface area contributed by atoms with Gasteiger partial charge in [0.1, 0.15) is 5.75 Å². The van der Waals surface area contributed by atoms with Crippen LogP contribution in [0, 0.1) is 10.1 Å². The number of thiazole rings is 1. The van der Waals surface area contributed by atoms with Crippen LogP contribution in [-0.4, -0.2) is 21.2 Å². The van der Waals surface area contributed by atoms with E-state index >= 15 is 0 Å². The Hall–Kier alpha value is -2.30. The summed E-state index contributed by atoms with van der Waals surface area (Å²) in [6.07, 6.45) is 1.60. The van der Waals surface area contributed by atoms with Crippen molar-refractivity contribution in [1.29, 1.82) is 0 Å². The van der Waals surface area contributed by atoms with Crippen molar-refractivity contribution in [3.8, 4) is 17.0 Å². The average molecular weight is 498 g/mol. The van der Waals surface area contributed by atoms with Crippen molar-refractivity contribution < 1.29 is 10.0 Å². The minimum absolute atomic E-state index is 0.0400. The molecular formula is C16H10Br2N4O3S. The number of halogens is 2. The lowest BCUT2D eigenvalue weighted by Crippen LogP contribution is -1.91. The van der Waals surface area contributed by atoms with E-state index in [9.17, 15) is 15.2 Å². The summed E-state index contributed by atoms with van der Waals surface area (Å²) in [6.45, 7) is 0. The summed E-state index contributed by atoms with van der Waals surface area (Å²) in [4.78, 5) is 14.7. The summed E-state index contributed by atoms with van der Waals surface area (Å²) in [7, 11) is 0. The lowest BCUT2D eigenvalue weighted by atomic mass is 10.1. The van der Waals surface area contributed by atoms with Crippen molar-refractivity contribution >= 4 is 60.2 Å². The topological polar surface area (TPSA) is 101 Å². The van der Waals surface area contributed by atoms with E-state index in [2.05, 4.69) is 47.4 Å². The van der Waals surface area contributed by atoms with Gasteiger partial charge in [-0.1, -0.05) is 0 Å². The number of hydrogen-bond donors (Lipinski definition) is 2. The third-order valence-corrected chi connectivity index (χ3v) is 5.25. The van der Waals surface area contributed by atoms with Gasteiger partial charge in [0.25, 0.3) is 5.69 Å². The number of nitrogens with zero attached hydrogens (tertiary/aromatic N) is 3. The first kappa shape index (κ1) is 18.5. The van der Waals surface area contributed by atoms with Gasteiger partial charge in [-0.2, -0.15) is 5.10 Å². The molecule has 2 aromatic carbocycles. The molecule has 7 nitrogen and oxygen atoms in total. The molecule has 3 aromatic rings. The molecule has 10 heteroatoms. The molecule has 0 fully saturated rings. The third kappa shape index (κ3) is 4.26. The fraction of sp³-hybridized carbons (Fsp3) is 0. The standard InChI is InChI=1S/C16H10Br2N4O3S/c17-12-5-9(6-13(18)15(12)23)7-19-21-16-20-14(8-26-16)10-1-3-11(4-2-10)22(24)25/h1-8,23H,(H,20,21)/b19-7+. The molecule has 0 atom stereocenters. The Bertz CT molecular complexity index is 966. The molecule has 132 valence electrons. The van der Waals surface area contributed by atoms with Crippen LogP contribution in [0.2, 0.25) is 0 Å². The van der Waals surface area contributed by atoms with Crippen molar-refractivity contribution in [2.45, 2.75) is 0 Å². The molecule has 0 saturated heterocycles. The normalized spacial score (nSPS) is 11.0. The number of nitro benzene ring substituents is 1. The fourth-order valence-electron chi connectivity index (χ4n) is 2.03. The molecule has 0 bridgehead atoms. The third-order valence-electron chi connectivity index (χ3n) is 3.29. The number of non-ortho nitro benzene ring substituents is 1. The number of phenols is 1. The lowest BCUT2D eigenvalue weighted by Gasteiger charge is -2.01. The highest BCUT2D eigenvalue weighted by molar-refractivity contribution is 9.11. The predicted octanol–water partition coefficient (Wildman–Crippen LogP) is 5.39. The Morgan fingerprint density at radius 2 is 1.88 bits per heavy atom. The Morgan fingerprint density at radius 3 is 2.50 bits per heavy atom. The van der Waals surface area contributed by atoms with Crippen LogP contribution in [0.15, 0.2) is 55.8 Å². The molecule has 0 aliphatic carbocycles. The van der Waals surface area contributed by atoms with E-state index in [0.717, 1.165) is 11.1 Å². The maximum Gasteiger partial charge on any atom is 0.269 e. The van der Waals surface area contributed by atoms with Crippen LogP contribution >= 0.6 is 43.2 Å². The van der Waals surface area contributed by atoms with Crippen molar-refractivity contribution in [2.75, 3.05) is 5.43 Å². The van der Waals surface area contributed by atoms with Crippen molar-refractivity contribution in [3.05, 3.63) is 66.4 Å². The van der Waals surface area contributed by atoms with E-state index in [0.29, 0.717) is 19.8 Å². The van der Waals surface area contributed by atoms with Gasteiger partial charge in [-0.3, -0.25) is 15.5 Å². The monoisotopic (exact) mass is 496 g/mol. The summed E-state index contributed by atoms with van der Waals surface area (Å²) in [6, 6.07) is 9.67. The average Bonchev–Trinajstić information content (AvgIpc) is 3.08. The summed E-state index contributed by atoms with van der Waals surface area (Å²) in [5.41, 5.74) is 5.15. The van der Waals surface area contributed by atoms with Crippen molar-refractivity contribution in [3.63, 3.8) is 0 Å². The highest BCUT2D eigenvalue weighted by atomic mass is 79.9. The quantitative estimate of drug-likeness (QED) is 0.279. The number of aromatic hydroxyl groups is 1. The van der Waals surface area contributed by atoms with Crippen LogP contribution in [0.4, 0.5) is 10.8 Å². The highest BCUT2D eigenvalue weighted by Gasteiger charge is 2.08. The number of anilines is 1. The molecule has 3 rings (SSSR count). The fourth-order valence-corrected chi connectivity index (χ4v) is 3.92. The molecule has 1 heterocycles. The van der Waals surface area contributed by atoms with Crippen LogP contribution in [-0.2, 0) is 0 Å². The summed E-state index contributed by atoms with van der Waals surface area (Å²) >= 11 is 7.90. The van der Waals surface area contributed by atoms with Gasteiger partial charge in [-0.25, -0.2) is 4.98 Å². The van der Waals surface area contributed by atoms with Crippen molar-refractivity contribution in [1.82, 2.24) is 4.98 Å². The smallest absolute Gasteiger partial charge is 0.269 e. The van der Waals surface area contributed by atoms with Crippen LogP contribution in [0.3, 0.4) is 0 Å². The van der Waals surface area contributed by atoms with Gasteiger partial charge in [0.2, 0.25) is 5.13 Å². The number of benzene rings is 2. The first-order valence-electron chi connectivity index (χ1n) is 7.11. The van der Waals surface area contributed by atoms with Gasteiger partial charge in [-0.05, 0) is 61.7 Å². The van der Waals surface area contributed by atoms with E-state index in [1.807, 2.05) is 5.38 Å². The van der Waals surface area contributed by atoms with Crippen molar-refractivity contribution in [2.24, 2.45) is 5.10 Å². The highest BCUT2D eigenvalue weighted by Crippen LogP contribution is 2.33. The second-order valence-corrected chi connectivity index (χ2v) is 7.61. The Balaban J connectivity index is 1.69. The molecule has 0 spiro atoms. The molecule has 0 amide bonds. The number of nitro groups is 1. The van der Waals surface area contributed by atoms with Gasteiger partial charge in [0.15, 0.2) is 0 Å². The molecule has 26 heavy (non-hydrogen) atoms. The maximum atomic E-state index is 10.7. The number of nitrogens with one attached hydrogen (secondary N) is 1. The van der Waals surface area contributed by atoms with Gasteiger partial charge in [-0.15, -0.1) is 11.3 Å². The molecule has 2 N–H and O–H groups in total. The zero-order chi connectivity index (χ0) is 18.7. The van der Waals surface area contributed by atoms with Gasteiger partial charge >= 0.3 is 0 Å². The summed E-state index contributed by atoms with van der Waals surface area (Å²) in [5.74, 6) is 0.128. The Morgan fingerprint density at radius 1 is 1.23 bits per heavy atom. The van der Waals surface area contributed by atoms with E-state index in [1.54, 1.807) is 30.5 Å². The van der Waals surface area contributed by atoms with Gasteiger partial charge < -0.3 is 5.11 Å². The van der Waals surface area contributed by atoms with Gasteiger partial charge in [0, 0.05) is 23.1 Å². The minimum Gasteiger partial charge on any atom is -0.506 e. The summed E-state index contributed by atoms with van der Waals surface area (Å²) in [5, 5.41) is 26.9. The Labute approximate surface area is 168 Å². The largest absolute Gasteiger partial charge is 0.506 e. The molecular weight excluding hydrogens is 488 g/mol. The zero-order valence-corrected chi connectivity index (χ0v) is 16.9. The number of aromatic nitrogens is 1. The number of hydrazone groups is 1. The second kappa shape index (κ2) is 7.94. The molecule has 0 aliphatic rings.